The largest absolute Gasteiger partial charge is 0.714 e. The van der Waals surface area contributed by atoms with Gasteiger partial charge < -0.3 is 40.1 Å². The van der Waals surface area contributed by atoms with Crippen molar-refractivity contribution < 1.29 is 58.1 Å². The van der Waals surface area contributed by atoms with E-state index in [0.29, 0.717) is 22.6 Å². The van der Waals surface area contributed by atoms with Crippen LogP contribution in [0.4, 0.5) is 0 Å². The van der Waals surface area contributed by atoms with Gasteiger partial charge in [-0.2, -0.15) is 0 Å². The van der Waals surface area contributed by atoms with E-state index in [1.165, 1.54) is 27.7 Å². The molecule has 18 heteroatoms. The van der Waals surface area contributed by atoms with Gasteiger partial charge in [0.25, 0.3) is 11.8 Å². The van der Waals surface area contributed by atoms with Gasteiger partial charge in [0.2, 0.25) is 0 Å². The fourth-order valence-electron chi connectivity index (χ4n) is 6.35. The summed E-state index contributed by atoms with van der Waals surface area (Å²) in [6.45, 7) is 19.1. The van der Waals surface area contributed by atoms with Crippen LogP contribution in [0.25, 0.3) is 0 Å². The Morgan fingerprint density at radius 2 is 0.871 bits per heavy atom. The van der Waals surface area contributed by atoms with Gasteiger partial charge in [-0.05, 0) is 144 Å². The van der Waals surface area contributed by atoms with Crippen molar-refractivity contribution >= 4 is 46.6 Å². The van der Waals surface area contributed by atoms with Crippen molar-refractivity contribution in [3.63, 3.8) is 0 Å². The summed E-state index contributed by atoms with van der Waals surface area (Å²) in [4.78, 5) is 69.8. The maximum Gasteiger partial charge on any atom is 0.313 e. The number of Topliss-reactive ketones (excluding diaryl/α,β-unsaturated/α-hetero) is 4. The number of carbonyl (C=O) groups is 6. The number of amides is 2. The summed E-state index contributed by atoms with van der Waals surface area (Å²) < 4.78 is 12.5. The molecule has 0 saturated carbocycles. The molecule has 0 bridgehead atoms. The third-order valence-electron chi connectivity index (χ3n) is 12.0. The Bertz CT molecular complexity index is 1930. The number of ketones is 4. The highest BCUT2D eigenvalue weighted by Gasteiger charge is 2.60. The molecule has 0 aromatic heterocycles. The number of nitrogens with zero attached hydrogens (tertiary/aromatic N) is 4. The number of ether oxygens (including phenoxy) is 2. The molecule has 62 heavy (non-hydrogen) atoms. The van der Waals surface area contributed by atoms with E-state index < -0.39 is 46.1 Å². The zero-order valence-electron chi connectivity index (χ0n) is 37.8. The molecular formula is C44H62N6O12. The summed E-state index contributed by atoms with van der Waals surface area (Å²) in [6.07, 6.45) is 0.912. The Labute approximate surface area is 362 Å². The molecule has 0 unspecified atom stereocenters. The van der Waals surface area contributed by atoms with Crippen LogP contribution in [-0.2, 0) is 28.8 Å². The molecule has 2 aliphatic heterocycles. The van der Waals surface area contributed by atoms with Crippen molar-refractivity contribution in [2.45, 2.75) is 143 Å². The molecule has 2 amide bonds. The first-order valence-electron chi connectivity index (χ1n) is 20.3. The van der Waals surface area contributed by atoms with E-state index in [-0.39, 0.29) is 73.7 Å². The first-order valence-corrected chi connectivity index (χ1v) is 20.3. The third-order valence-corrected chi connectivity index (χ3v) is 12.0. The normalized spacial score (nSPS) is 18.0. The molecule has 0 radical (unpaired) electrons. The number of hydrogen-bond acceptors (Lipinski definition) is 14. The number of hydroxylamine groups is 6. The summed E-state index contributed by atoms with van der Waals surface area (Å²) in [5, 5.41) is 53.7. The summed E-state index contributed by atoms with van der Waals surface area (Å²) in [6, 6.07) is 11.4. The number of rotatable bonds is 18. The summed E-state index contributed by atoms with van der Waals surface area (Å²) in [7, 11) is 0. The molecule has 18 nitrogen and oxygen atoms in total. The molecule has 4 N–H and O–H groups in total. The number of benzene rings is 2. The summed E-state index contributed by atoms with van der Waals surface area (Å²) >= 11 is 0. The number of amidine groups is 2. The van der Waals surface area contributed by atoms with Crippen molar-refractivity contribution in [3.8, 4) is 11.5 Å². The van der Waals surface area contributed by atoms with Crippen molar-refractivity contribution in [2.24, 2.45) is 0 Å². The lowest BCUT2D eigenvalue weighted by atomic mass is 9.84. The van der Waals surface area contributed by atoms with Gasteiger partial charge in [-0.25, -0.2) is 10.4 Å². The second-order valence-corrected chi connectivity index (χ2v) is 17.7. The standard InChI is InChI=1S/2C22H31N3O6/c2*1-14(26)7-12-18(15(2)27)23-19(28)13-31-17-10-8-16(9-11-17)20-24(29)21(3,4)22(5,6)25(20)30/h2*8-11,18,29H,7,12-13H2,1-6H3,(H,23,28)/t2*18-/m00/s1. The minimum absolute atomic E-state index is 0.0539. The van der Waals surface area contributed by atoms with Crippen molar-refractivity contribution in [3.05, 3.63) is 70.1 Å². The lowest BCUT2D eigenvalue weighted by Gasteiger charge is -2.33. The van der Waals surface area contributed by atoms with Gasteiger partial charge in [0.1, 0.15) is 34.1 Å². The van der Waals surface area contributed by atoms with Crippen LogP contribution in [0, 0.1) is 10.4 Å². The SMILES string of the molecule is CC(=O)CC[C@H](NC(=O)COc1ccc(C2=[N+]([O-])C(C)(C)C(C)(C)N2O)cc1)C(C)=O.CC(=O)CC[C@H](NC(=O)COc1ccc(C2=[N+]([O-])C(C)(C)C(C)(C)N2O)cc1)C(C)=O. The Morgan fingerprint density at radius 3 is 1.10 bits per heavy atom. The van der Waals surface area contributed by atoms with Gasteiger partial charge in [0, 0.05) is 12.8 Å². The van der Waals surface area contributed by atoms with Crippen LogP contribution in [0.5, 0.6) is 11.5 Å². The minimum atomic E-state index is -0.847. The Hall–Kier alpha value is -5.88. The van der Waals surface area contributed by atoms with E-state index in [4.69, 9.17) is 9.47 Å². The first kappa shape index (κ1) is 50.5. The predicted octanol–water partition coefficient (Wildman–Crippen LogP) is 4.05. The van der Waals surface area contributed by atoms with E-state index >= 15 is 0 Å². The molecular weight excluding hydrogens is 805 g/mol. The van der Waals surface area contributed by atoms with Gasteiger partial charge >= 0.3 is 11.7 Å². The molecule has 2 aromatic carbocycles. The molecule has 4 rings (SSSR count). The van der Waals surface area contributed by atoms with E-state index in [1.807, 2.05) is 0 Å². The molecule has 0 saturated heterocycles. The molecule has 2 heterocycles. The second-order valence-electron chi connectivity index (χ2n) is 17.7. The fourth-order valence-corrected chi connectivity index (χ4v) is 6.35. The van der Waals surface area contributed by atoms with Crippen LogP contribution in [0.3, 0.4) is 0 Å². The van der Waals surface area contributed by atoms with Gasteiger partial charge in [-0.15, -0.1) is 10.1 Å². The summed E-state index contributed by atoms with van der Waals surface area (Å²) in [5.41, 5.74) is -2.28. The van der Waals surface area contributed by atoms with Crippen molar-refractivity contribution in [2.75, 3.05) is 13.2 Å². The molecule has 2 atom stereocenters. The van der Waals surface area contributed by atoms with E-state index in [0.717, 1.165) is 19.6 Å². The molecule has 0 spiro atoms. The van der Waals surface area contributed by atoms with Crippen molar-refractivity contribution in [1.29, 1.82) is 0 Å². The predicted molar refractivity (Wildman–Crippen MR) is 228 cm³/mol. The molecule has 340 valence electrons. The van der Waals surface area contributed by atoms with Crippen LogP contribution >= 0.6 is 0 Å². The average Bonchev–Trinajstić information content (AvgIpc) is 3.39. The molecule has 2 aromatic rings. The van der Waals surface area contributed by atoms with Gasteiger partial charge in [0.05, 0.1) is 23.2 Å². The highest BCUT2D eigenvalue weighted by Crippen LogP contribution is 2.38. The zero-order valence-corrected chi connectivity index (χ0v) is 37.8. The molecule has 0 aliphatic carbocycles. The van der Waals surface area contributed by atoms with Gasteiger partial charge in [0.15, 0.2) is 35.9 Å². The minimum Gasteiger partial charge on any atom is -0.714 e. The van der Waals surface area contributed by atoms with Crippen LogP contribution in [0.2, 0.25) is 0 Å². The average molecular weight is 867 g/mol. The van der Waals surface area contributed by atoms with E-state index in [2.05, 4.69) is 10.6 Å². The lowest BCUT2D eigenvalue weighted by molar-refractivity contribution is -0.539. The lowest BCUT2D eigenvalue weighted by Crippen LogP contribution is -2.53. The first-order chi connectivity index (χ1) is 28.6. The highest BCUT2D eigenvalue weighted by atomic mass is 16.5. The Balaban J connectivity index is 0.000000330. The Morgan fingerprint density at radius 1 is 0.581 bits per heavy atom. The van der Waals surface area contributed by atoms with Crippen LogP contribution < -0.4 is 20.1 Å². The maximum absolute atomic E-state index is 12.8. The van der Waals surface area contributed by atoms with Crippen molar-refractivity contribution in [1.82, 2.24) is 20.8 Å². The fraction of sp³-hybridized carbons (Fsp3) is 0.545. The zero-order chi connectivity index (χ0) is 47.1. The number of hydrogen-bond donors (Lipinski definition) is 4. The smallest absolute Gasteiger partial charge is 0.313 e. The van der Waals surface area contributed by atoms with Gasteiger partial charge in [-0.1, -0.05) is 0 Å². The topological polar surface area (TPSA) is 244 Å². The summed E-state index contributed by atoms with van der Waals surface area (Å²) in [5.74, 6) is -0.473. The van der Waals surface area contributed by atoms with Gasteiger partial charge in [-0.3, -0.25) is 28.7 Å². The third kappa shape index (κ3) is 11.3. The van der Waals surface area contributed by atoms with Crippen LogP contribution in [-0.4, -0.2) is 124 Å². The molecule has 0 fully saturated rings. The second kappa shape index (κ2) is 19.9. The number of nitrogens with one attached hydrogen (secondary N) is 2. The molecule has 2 aliphatic rings. The Kier molecular flexibility index (Phi) is 16.2. The monoisotopic (exact) mass is 866 g/mol. The number of carbonyl (C=O) groups excluding carboxylic acids is 6. The van der Waals surface area contributed by atoms with E-state index in [1.54, 1.807) is 104 Å². The maximum atomic E-state index is 12.8. The van der Waals surface area contributed by atoms with E-state index in [9.17, 15) is 49.6 Å². The van der Waals surface area contributed by atoms with Crippen LogP contribution in [0.1, 0.15) is 120 Å². The quantitative estimate of drug-likeness (QED) is 0.122. The highest BCUT2D eigenvalue weighted by molar-refractivity contribution is 5.97. The van der Waals surface area contributed by atoms with Crippen LogP contribution in [0.15, 0.2) is 48.5 Å².